The smallest absolute Gasteiger partial charge is 0.264 e. The van der Waals surface area contributed by atoms with Crippen LogP contribution in [-0.2, 0) is 26.2 Å². The first-order valence-electron chi connectivity index (χ1n) is 13.1. The van der Waals surface area contributed by atoms with E-state index >= 15 is 0 Å². The lowest BCUT2D eigenvalue weighted by Gasteiger charge is -2.33. The zero-order valence-electron chi connectivity index (χ0n) is 23.1. The Morgan fingerprint density at radius 3 is 2.10 bits per heavy atom. The molecule has 0 unspecified atom stereocenters. The van der Waals surface area contributed by atoms with Crippen LogP contribution in [0.5, 0.6) is 0 Å². The van der Waals surface area contributed by atoms with Gasteiger partial charge in [0.15, 0.2) is 0 Å². The summed E-state index contributed by atoms with van der Waals surface area (Å²) in [6.45, 7) is 7.55. The Morgan fingerprint density at radius 1 is 0.950 bits per heavy atom. The summed E-state index contributed by atoms with van der Waals surface area (Å²) in [5, 5.41) is 3.42. The highest BCUT2D eigenvalue weighted by atomic mass is 35.5. The number of sulfonamides is 1. The van der Waals surface area contributed by atoms with Crippen LogP contribution in [0.2, 0.25) is 5.02 Å². The van der Waals surface area contributed by atoms with Crippen molar-refractivity contribution in [3.63, 3.8) is 0 Å². The lowest BCUT2D eigenvalue weighted by atomic mass is 10.1. The molecule has 0 aliphatic rings. The van der Waals surface area contributed by atoms with Crippen LogP contribution in [0.1, 0.15) is 38.3 Å². The van der Waals surface area contributed by atoms with E-state index in [2.05, 4.69) is 5.32 Å². The van der Waals surface area contributed by atoms with Gasteiger partial charge in [-0.05, 0) is 73.4 Å². The van der Waals surface area contributed by atoms with Crippen molar-refractivity contribution in [3.05, 3.63) is 94.8 Å². The third-order valence-electron chi connectivity index (χ3n) is 6.34. The monoisotopic (exact) mass is 587 g/mol. The molecule has 0 radical (unpaired) electrons. The number of anilines is 1. The Labute approximate surface area is 241 Å². The van der Waals surface area contributed by atoms with E-state index in [0.29, 0.717) is 18.0 Å². The minimum Gasteiger partial charge on any atom is -0.354 e. The molecule has 7 nitrogen and oxygen atoms in total. The van der Waals surface area contributed by atoms with Crippen LogP contribution in [0.25, 0.3) is 0 Å². The Morgan fingerprint density at radius 2 is 1.55 bits per heavy atom. The number of nitrogens with one attached hydrogen (secondary N) is 1. The van der Waals surface area contributed by atoms with E-state index in [-0.39, 0.29) is 29.0 Å². The Kier molecular flexibility index (Phi) is 10.7. The van der Waals surface area contributed by atoms with Gasteiger partial charge in [0, 0.05) is 18.1 Å². The number of aryl methyl sites for hydroxylation is 1. The van der Waals surface area contributed by atoms with Gasteiger partial charge in [-0.2, -0.15) is 0 Å². The first kappa shape index (κ1) is 31.1. The second kappa shape index (κ2) is 13.8. The van der Waals surface area contributed by atoms with Crippen LogP contribution in [-0.4, -0.2) is 44.3 Å². The van der Waals surface area contributed by atoms with E-state index in [1.807, 2.05) is 20.8 Å². The predicted octanol–water partition coefficient (Wildman–Crippen LogP) is 5.56. The largest absolute Gasteiger partial charge is 0.354 e. The third-order valence-corrected chi connectivity index (χ3v) is 8.38. The van der Waals surface area contributed by atoms with Crippen LogP contribution in [0, 0.1) is 18.7 Å². The van der Waals surface area contributed by atoms with E-state index in [4.69, 9.17) is 11.6 Å². The first-order valence-corrected chi connectivity index (χ1v) is 14.9. The zero-order valence-corrected chi connectivity index (χ0v) is 24.7. The van der Waals surface area contributed by atoms with Crippen molar-refractivity contribution in [2.75, 3.05) is 17.4 Å². The summed E-state index contributed by atoms with van der Waals surface area (Å²) in [6.07, 6.45) is 0.318. The van der Waals surface area contributed by atoms with Gasteiger partial charge in [0.25, 0.3) is 10.0 Å². The van der Waals surface area contributed by atoms with Crippen LogP contribution >= 0.6 is 11.6 Å². The molecule has 0 heterocycles. The highest BCUT2D eigenvalue weighted by molar-refractivity contribution is 7.92. The van der Waals surface area contributed by atoms with Gasteiger partial charge >= 0.3 is 0 Å². The maximum absolute atomic E-state index is 14.0. The summed E-state index contributed by atoms with van der Waals surface area (Å²) in [5.41, 5.74) is 1.91. The topological polar surface area (TPSA) is 86.8 Å². The molecule has 3 aromatic carbocycles. The molecule has 0 aromatic heterocycles. The maximum Gasteiger partial charge on any atom is 0.264 e. The number of halogens is 2. The highest BCUT2D eigenvalue weighted by Crippen LogP contribution is 2.25. The van der Waals surface area contributed by atoms with Gasteiger partial charge in [-0.25, -0.2) is 12.8 Å². The molecule has 3 aromatic rings. The molecule has 0 spiro atoms. The van der Waals surface area contributed by atoms with Gasteiger partial charge in [-0.3, -0.25) is 13.9 Å². The summed E-state index contributed by atoms with van der Waals surface area (Å²) >= 11 is 6.05. The van der Waals surface area contributed by atoms with Gasteiger partial charge in [-0.15, -0.1) is 0 Å². The molecule has 10 heteroatoms. The van der Waals surface area contributed by atoms with Gasteiger partial charge < -0.3 is 10.2 Å². The molecule has 2 amide bonds. The fourth-order valence-corrected chi connectivity index (χ4v) is 5.64. The summed E-state index contributed by atoms with van der Waals surface area (Å²) in [4.78, 5) is 28.5. The molecule has 0 saturated heterocycles. The third kappa shape index (κ3) is 8.05. The minimum absolute atomic E-state index is 0.0714. The van der Waals surface area contributed by atoms with Crippen molar-refractivity contribution in [2.45, 2.75) is 51.6 Å². The normalized spacial score (nSPS) is 12.2. The highest BCUT2D eigenvalue weighted by Gasteiger charge is 2.33. The maximum atomic E-state index is 14.0. The number of hydrogen-bond donors (Lipinski definition) is 1. The van der Waals surface area contributed by atoms with Crippen molar-refractivity contribution < 1.29 is 22.4 Å². The van der Waals surface area contributed by atoms with Crippen LogP contribution in [0.15, 0.2) is 77.7 Å². The fraction of sp³-hybridized carbons (Fsp3) is 0.333. The number of amides is 2. The lowest BCUT2D eigenvalue weighted by Crippen LogP contribution is -2.52. The van der Waals surface area contributed by atoms with Crippen molar-refractivity contribution in [1.29, 1.82) is 0 Å². The molecule has 0 aliphatic heterocycles. The quantitative estimate of drug-likeness (QED) is 0.300. The predicted molar refractivity (Wildman–Crippen MR) is 156 cm³/mol. The van der Waals surface area contributed by atoms with Crippen molar-refractivity contribution >= 4 is 39.1 Å². The Hall–Kier alpha value is -3.43. The number of benzene rings is 3. The second-order valence-corrected chi connectivity index (χ2v) is 12.3. The molecule has 3 rings (SSSR count). The van der Waals surface area contributed by atoms with Gasteiger partial charge in [0.1, 0.15) is 18.4 Å². The molecule has 40 heavy (non-hydrogen) atoms. The standard InChI is InChI=1S/C30H35ClFN3O4S/c1-5-28(30(37)33-18-21(2)3)34(19-23-8-10-24(31)11-9-23)29(36)20-35(26-14-6-22(4)7-15-26)40(38,39)27-16-12-25(32)13-17-27/h6-17,21,28H,5,18-20H2,1-4H3,(H,33,37)/t28-/m0/s1. The zero-order chi connectivity index (χ0) is 29.4. The minimum atomic E-state index is -4.26. The Balaban J connectivity index is 2.03. The number of carbonyl (C=O) groups excluding carboxylic acids is 2. The Bertz CT molecular complexity index is 1400. The molecule has 0 aliphatic carbocycles. The SMILES string of the molecule is CC[C@@H](C(=O)NCC(C)C)N(Cc1ccc(Cl)cc1)C(=O)CN(c1ccc(C)cc1)S(=O)(=O)c1ccc(F)cc1. The summed E-state index contributed by atoms with van der Waals surface area (Å²) in [5.74, 6) is -1.25. The molecular formula is C30H35ClFN3O4S. The average Bonchev–Trinajstić information content (AvgIpc) is 2.92. The van der Waals surface area contributed by atoms with Gasteiger partial charge in [0.2, 0.25) is 11.8 Å². The second-order valence-electron chi connectivity index (χ2n) is 10.0. The summed E-state index contributed by atoms with van der Waals surface area (Å²) in [6, 6.07) is 17.2. The molecule has 1 N–H and O–H groups in total. The molecule has 0 bridgehead atoms. The van der Waals surface area contributed by atoms with Gasteiger partial charge in [0.05, 0.1) is 10.6 Å². The summed E-state index contributed by atoms with van der Waals surface area (Å²) in [7, 11) is -4.26. The van der Waals surface area contributed by atoms with E-state index in [0.717, 1.165) is 39.7 Å². The number of nitrogens with zero attached hydrogens (tertiary/aromatic N) is 2. The molecule has 0 saturated carbocycles. The van der Waals surface area contributed by atoms with Gasteiger partial charge in [-0.1, -0.05) is 62.2 Å². The molecule has 214 valence electrons. The van der Waals surface area contributed by atoms with Crippen LogP contribution < -0.4 is 9.62 Å². The van der Waals surface area contributed by atoms with Crippen LogP contribution in [0.4, 0.5) is 10.1 Å². The average molecular weight is 588 g/mol. The molecule has 0 fully saturated rings. The van der Waals surface area contributed by atoms with Crippen molar-refractivity contribution in [3.8, 4) is 0 Å². The van der Waals surface area contributed by atoms with E-state index in [1.54, 1.807) is 55.5 Å². The lowest BCUT2D eigenvalue weighted by molar-refractivity contribution is -0.140. The summed E-state index contributed by atoms with van der Waals surface area (Å²) < 4.78 is 42.1. The number of hydrogen-bond acceptors (Lipinski definition) is 4. The molecular weight excluding hydrogens is 553 g/mol. The van der Waals surface area contributed by atoms with E-state index < -0.39 is 34.3 Å². The van der Waals surface area contributed by atoms with Crippen molar-refractivity contribution in [2.24, 2.45) is 5.92 Å². The number of carbonyl (C=O) groups is 2. The first-order chi connectivity index (χ1) is 18.9. The fourth-order valence-electron chi connectivity index (χ4n) is 4.10. The van der Waals surface area contributed by atoms with Crippen molar-refractivity contribution in [1.82, 2.24) is 10.2 Å². The number of rotatable bonds is 12. The van der Waals surface area contributed by atoms with Crippen LogP contribution in [0.3, 0.4) is 0 Å². The van der Waals surface area contributed by atoms with E-state index in [9.17, 15) is 22.4 Å². The molecule has 1 atom stereocenters. The van der Waals surface area contributed by atoms with E-state index in [1.165, 1.54) is 4.90 Å².